The highest BCUT2D eigenvalue weighted by Gasteiger charge is 2.38. The second-order valence-corrected chi connectivity index (χ2v) is 4.52. The molecule has 1 saturated heterocycles. The van der Waals surface area contributed by atoms with Crippen LogP contribution in [0.4, 0.5) is 13.2 Å². The first-order chi connectivity index (χ1) is 8.54. The van der Waals surface area contributed by atoms with Gasteiger partial charge in [0, 0.05) is 19.1 Å². The van der Waals surface area contributed by atoms with Crippen molar-refractivity contribution in [3.05, 3.63) is 35.4 Å². The first kappa shape index (κ1) is 13.4. The molecule has 0 radical (unpaired) electrons. The SMILES string of the molecule is COCC1CCNC1c1ccccc1C(F)(F)F. The van der Waals surface area contributed by atoms with Crippen LogP contribution in [0.15, 0.2) is 24.3 Å². The van der Waals surface area contributed by atoms with Gasteiger partial charge in [-0.1, -0.05) is 18.2 Å². The zero-order chi connectivity index (χ0) is 13.2. The summed E-state index contributed by atoms with van der Waals surface area (Å²) in [4.78, 5) is 0. The minimum absolute atomic E-state index is 0.0958. The number of methoxy groups -OCH3 is 1. The average molecular weight is 259 g/mol. The van der Waals surface area contributed by atoms with Gasteiger partial charge in [-0.25, -0.2) is 0 Å². The number of benzene rings is 1. The molecule has 0 aliphatic carbocycles. The molecule has 0 spiro atoms. The predicted molar refractivity (Wildman–Crippen MR) is 62.2 cm³/mol. The highest BCUT2D eigenvalue weighted by molar-refractivity contribution is 5.33. The lowest BCUT2D eigenvalue weighted by atomic mass is 9.91. The molecule has 2 atom stereocenters. The molecular formula is C13H16F3NO. The quantitative estimate of drug-likeness (QED) is 0.901. The van der Waals surface area contributed by atoms with Gasteiger partial charge in [0.05, 0.1) is 12.2 Å². The second-order valence-electron chi connectivity index (χ2n) is 4.52. The first-order valence-corrected chi connectivity index (χ1v) is 5.92. The van der Waals surface area contributed by atoms with Crippen LogP contribution < -0.4 is 5.32 Å². The summed E-state index contributed by atoms with van der Waals surface area (Å²) in [6.07, 6.45) is -3.47. The summed E-state index contributed by atoms with van der Waals surface area (Å²) < 4.78 is 43.9. The topological polar surface area (TPSA) is 21.3 Å². The summed E-state index contributed by atoms with van der Waals surface area (Å²) in [5.74, 6) is 0.0958. The third-order valence-corrected chi connectivity index (χ3v) is 3.33. The molecule has 1 aliphatic rings. The van der Waals surface area contributed by atoms with Gasteiger partial charge < -0.3 is 10.1 Å². The average Bonchev–Trinajstić information content (AvgIpc) is 2.77. The van der Waals surface area contributed by atoms with Crippen LogP contribution in [0.5, 0.6) is 0 Å². The number of halogens is 3. The minimum atomic E-state index is -4.31. The predicted octanol–water partition coefficient (Wildman–Crippen LogP) is 3.00. The standard InChI is InChI=1S/C13H16F3NO/c1-18-8-9-6-7-17-12(9)10-4-2-3-5-11(10)13(14,15)16/h2-5,9,12,17H,6-8H2,1H3. The van der Waals surface area contributed by atoms with Crippen LogP contribution in [-0.4, -0.2) is 20.3 Å². The fraction of sp³-hybridized carbons (Fsp3) is 0.538. The van der Waals surface area contributed by atoms with E-state index >= 15 is 0 Å². The smallest absolute Gasteiger partial charge is 0.384 e. The normalized spacial score (nSPS) is 24.4. The first-order valence-electron chi connectivity index (χ1n) is 5.92. The maximum absolute atomic E-state index is 13.0. The molecule has 18 heavy (non-hydrogen) atoms. The molecule has 1 aliphatic heterocycles. The Morgan fingerprint density at radius 1 is 1.33 bits per heavy atom. The van der Waals surface area contributed by atoms with Gasteiger partial charge in [-0.3, -0.25) is 0 Å². The van der Waals surface area contributed by atoms with E-state index in [0.29, 0.717) is 12.2 Å². The number of ether oxygens (including phenoxy) is 1. The molecule has 100 valence electrons. The van der Waals surface area contributed by atoms with E-state index < -0.39 is 11.7 Å². The van der Waals surface area contributed by atoms with E-state index in [-0.39, 0.29) is 12.0 Å². The number of rotatable bonds is 3. The summed E-state index contributed by atoms with van der Waals surface area (Å²) in [5, 5.41) is 3.14. The Labute approximate surface area is 104 Å². The molecule has 0 amide bonds. The van der Waals surface area contributed by atoms with Gasteiger partial charge in [0.25, 0.3) is 0 Å². The van der Waals surface area contributed by atoms with Crippen LogP contribution in [-0.2, 0) is 10.9 Å². The molecule has 0 aromatic heterocycles. The Kier molecular flexibility index (Phi) is 3.92. The van der Waals surface area contributed by atoms with Crippen molar-refractivity contribution in [3.8, 4) is 0 Å². The zero-order valence-electron chi connectivity index (χ0n) is 10.1. The van der Waals surface area contributed by atoms with Crippen LogP contribution in [0.1, 0.15) is 23.6 Å². The van der Waals surface area contributed by atoms with E-state index in [4.69, 9.17) is 4.74 Å². The van der Waals surface area contributed by atoms with Crippen LogP contribution in [0, 0.1) is 5.92 Å². The van der Waals surface area contributed by atoms with Crippen LogP contribution >= 0.6 is 0 Å². The summed E-state index contributed by atoms with van der Waals surface area (Å²) in [6.45, 7) is 1.20. The van der Waals surface area contributed by atoms with Gasteiger partial charge in [-0.15, -0.1) is 0 Å². The Morgan fingerprint density at radius 3 is 2.72 bits per heavy atom. The lowest BCUT2D eigenvalue weighted by Gasteiger charge is -2.23. The minimum Gasteiger partial charge on any atom is -0.384 e. The highest BCUT2D eigenvalue weighted by atomic mass is 19.4. The lowest BCUT2D eigenvalue weighted by Crippen LogP contribution is -2.24. The molecule has 1 aromatic rings. The third-order valence-electron chi connectivity index (χ3n) is 3.33. The molecule has 0 bridgehead atoms. The maximum atomic E-state index is 13.0. The van der Waals surface area contributed by atoms with Crippen molar-refractivity contribution in [2.75, 3.05) is 20.3 Å². The Bertz CT molecular complexity index is 405. The molecule has 5 heteroatoms. The maximum Gasteiger partial charge on any atom is 0.416 e. The van der Waals surface area contributed by atoms with Gasteiger partial charge in [0.15, 0.2) is 0 Å². The summed E-state index contributed by atoms with van der Waals surface area (Å²) in [5.41, 5.74) is -0.227. The van der Waals surface area contributed by atoms with E-state index in [1.165, 1.54) is 6.07 Å². The van der Waals surface area contributed by atoms with E-state index in [1.54, 1.807) is 19.2 Å². The van der Waals surface area contributed by atoms with Gasteiger partial charge >= 0.3 is 6.18 Å². The van der Waals surface area contributed by atoms with Crippen molar-refractivity contribution in [3.63, 3.8) is 0 Å². The van der Waals surface area contributed by atoms with Crippen molar-refractivity contribution in [1.82, 2.24) is 5.32 Å². The van der Waals surface area contributed by atoms with Crippen molar-refractivity contribution in [2.45, 2.75) is 18.6 Å². The highest BCUT2D eigenvalue weighted by Crippen LogP contribution is 2.38. The summed E-state index contributed by atoms with van der Waals surface area (Å²) in [7, 11) is 1.57. The van der Waals surface area contributed by atoms with E-state index in [2.05, 4.69) is 5.32 Å². The lowest BCUT2D eigenvalue weighted by molar-refractivity contribution is -0.138. The molecule has 1 N–H and O–H groups in total. The molecule has 1 fully saturated rings. The van der Waals surface area contributed by atoms with Crippen LogP contribution in [0.25, 0.3) is 0 Å². The fourth-order valence-electron chi connectivity index (χ4n) is 2.54. The second kappa shape index (κ2) is 5.28. The van der Waals surface area contributed by atoms with Gasteiger partial charge in [-0.2, -0.15) is 13.2 Å². The number of nitrogens with one attached hydrogen (secondary N) is 1. The van der Waals surface area contributed by atoms with Crippen molar-refractivity contribution < 1.29 is 17.9 Å². The fourth-order valence-corrected chi connectivity index (χ4v) is 2.54. The molecule has 0 saturated carbocycles. The largest absolute Gasteiger partial charge is 0.416 e. The van der Waals surface area contributed by atoms with Crippen LogP contribution in [0.3, 0.4) is 0 Å². The van der Waals surface area contributed by atoms with Crippen molar-refractivity contribution in [2.24, 2.45) is 5.92 Å². The van der Waals surface area contributed by atoms with Crippen molar-refractivity contribution in [1.29, 1.82) is 0 Å². The monoisotopic (exact) mass is 259 g/mol. The zero-order valence-corrected chi connectivity index (χ0v) is 10.1. The summed E-state index contributed by atoms with van der Waals surface area (Å²) in [6, 6.07) is 5.48. The molecule has 1 aromatic carbocycles. The van der Waals surface area contributed by atoms with E-state index in [0.717, 1.165) is 19.0 Å². The molecule has 2 nitrogen and oxygen atoms in total. The Morgan fingerprint density at radius 2 is 2.06 bits per heavy atom. The van der Waals surface area contributed by atoms with E-state index in [9.17, 15) is 13.2 Å². The van der Waals surface area contributed by atoms with Gasteiger partial charge in [-0.05, 0) is 24.6 Å². The Balaban J connectivity index is 2.33. The van der Waals surface area contributed by atoms with Crippen molar-refractivity contribution >= 4 is 0 Å². The molecular weight excluding hydrogens is 243 g/mol. The number of hydrogen-bond donors (Lipinski definition) is 1. The molecule has 1 heterocycles. The molecule has 2 rings (SSSR count). The third kappa shape index (κ3) is 2.67. The van der Waals surface area contributed by atoms with Gasteiger partial charge in [0.1, 0.15) is 0 Å². The number of hydrogen-bond acceptors (Lipinski definition) is 2. The molecule has 2 unspecified atom stereocenters. The van der Waals surface area contributed by atoms with Crippen LogP contribution in [0.2, 0.25) is 0 Å². The van der Waals surface area contributed by atoms with E-state index in [1.807, 2.05) is 0 Å². The summed E-state index contributed by atoms with van der Waals surface area (Å²) >= 11 is 0. The Hall–Kier alpha value is -1.07. The number of alkyl halides is 3. The van der Waals surface area contributed by atoms with Gasteiger partial charge in [0.2, 0.25) is 0 Å².